The van der Waals surface area contributed by atoms with Crippen molar-refractivity contribution < 1.29 is 34.3 Å². The molecule has 0 N–H and O–H groups in total. The first-order chi connectivity index (χ1) is 9.66. The molecule has 1 aliphatic heterocycles. The second kappa shape index (κ2) is 7.40. The number of benzene rings is 1. The predicted molar refractivity (Wildman–Crippen MR) is 80.2 cm³/mol. The molecule has 0 amide bonds. The minimum absolute atomic E-state index is 0. The molecule has 0 bridgehead atoms. The molecule has 1 aromatic heterocycles. The SMILES string of the molecule is O=c1c2c(Cl)c([S-])ccc2ncn1CC1CCOCC1.[Na+]. The van der Waals surface area contributed by atoms with Gasteiger partial charge in [-0.25, -0.2) is 4.98 Å². The molecule has 7 heteroatoms. The molecule has 0 spiro atoms. The van der Waals surface area contributed by atoms with Gasteiger partial charge in [0, 0.05) is 24.8 Å². The maximum atomic E-state index is 12.5. The van der Waals surface area contributed by atoms with Gasteiger partial charge >= 0.3 is 29.6 Å². The minimum Gasteiger partial charge on any atom is -0.778 e. The van der Waals surface area contributed by atoms with Crippen LogP contribution in [0.1, 0.15) is 12.8 Å². The van der Waals surface area contributed by atoms with Gasteiger partial charge in [0.25, 0.3) is 5.56 Å². The van der Waals surface area contributed by atoms with Crippen molar-refractivity contribution in [3.8, 4) is 0 Å². The summed E-state index contributed by atoms with van der Waals surface area (Å²) in [6.45, 7) is 2.18. The molecule has 21 heavy (non-hydrogen) atoms. The van der Waals surface area contributed by atoms with Crippen LogP contribution in [0.4, 0.5) is 0 Å². The van der Waals surface area contributed by atoms with E-state index in [2.05, 4.69) is 4.98 Å². The first-order valence-electron chi connectivity index (χ1n) is 6.59. The van der Waals surface area contributed by atoms with Gasteiger partial charge in [0.05, 0.1) is 17.2 Å². The maximum absolute atomic E-state index is 12.5. The quantitative estimate of drug-likeness (QED) is 0.543. The van der Waals surface area contributed by atoms with Gasteiger partial charge in [-0.1, -0.05) is 17.7 Å². The molecule has 4 nitrogen and oxygen atoms in total. The number of hydrogen-bond donors (Lipinski definition) is 0. The van der Waals surface area contributed by atoms with E-state index in [-0.39, 0.29) is 35.1 Å². The molecule has 2 aromatic rings. The maximum Gasteiger partial charge on any atom is 1.00 e. The van der Waals surface area contributed by atoms with Crippen molar-refractivity contribution in [2.24, 2.45) is 5.92 Å². The smallest absolute Gasteiger partial charge is 0.778 e. The van der Waals surface area contributed by atoms with Crippen molar-refractivity contribution in [1.82, 2.24) is 9.55 Å². The summed E-state index contributed by atoms with van der Waals surface area (Å²) >= 11 is 11.3. The summed E-state index contributed by atoms with van der Waals surface area (Å²) in [7, 11) is 0. The minimum atomic E-state index is -0.113. The number of ether oxygens (including phenoxy) is 1. The zero-order valence-electron chi connectivity index (χ0n) is 11.8. The first-order valence-corrected chi connectivity index (χ1v) is 7.38. The molecule has 3 rings (SSSR count). The Kier molecular flexibility index (Phi) is 6.05. The van der Waals surface area contributed by atoms with E-state index in [9.17, 15) is 4.79 Å². The van der Waals surface area contributed by atoms with Crippen molar-refractivity contribution in [2.75, 3.05) is 13.2 Å². The van der Waals surface area contributed by atoms with E-state index >= 15 is 0 Å². The van der Waals surface area contributed by atoms with Crippen LogP contribution in [0.5, 0.6) is 0 Å². The van der Waals surface area contributed by atoms with Crippen molar-refractivity contribution in [3.63, 3.8) is 0 Å². The summed E-state index contributed by atoms with van der Waals surface area (Å²) < 4.78 is 6.97. The number of nitrogens with zero attached hydrogens (tertiary/aromatic N) is 2. The molecule has 1 fully saturated rings. The van der Waals surface area contributed by atoms with Crippen molar-refractivity contribution in [3.05, 3.63) is 33.8 Å². The van der Waals surface area contributed by atoms with Gasteiger partial charge in [0.1, 0.15) is 0 Å². The Bertz CT molecular complexity index is 701. The van der Waals surface area contributed by atoms with Gasteiger partial charge in [0.2, 0.25) is 0 Å². The Morgan fingerprint density at radius 2 is 2.10 bits per heavy atom. The van der Waals surface area contributed by atoms with Crippen LogP contribution in [-0.4, -0.2) is 22.8 Å². The van der Waals surface area contributed by atoms with Crippen LogP contribution in [0, 0.1) is 5.92 Å². The molecular weight excluding hydrogens is 319 g/mol. The number of hydrogen-bond acceptors (Lipinski definition) is 4. The van der Waals surface area contributed by atoms with Crippen LogP contribution >= 0.6 is 11.6 Å². The molecule has 1 aromatic carbocycles. The Hall–Kier alpha value is -0.170. The average molecular weight is 333 g/mol. The Balaban J connectivity index is 0.00000161. The third kappa shape index (κ3) is 3.60. The van der Waals surface area contributed by atoms with Crippen molar-refractivity contribution in [1.29, 1.82) is 0 Å². The number of halogens is 1. The number of rotatable bonds is 2. The zero-order chi connectivity index (χ0) is 14.1. The van der Waals surface area contributed by atoms with Gasteiger partial charge < -0.3 is 17.4 Å². The number of fused-ring (bicyclic) bond motifs is 1. The van der Waals surface area contributed by atoms with Gasteiger partial charge in [-0.3, -0.25) is 9.36 Å². The normalized spacial score (nSPS) is 15.9. The van der Waals surface area contributed by atoms with Crippen molar-refractivity contribution in [2.45, 2.75) is 24.3 Å². The molecular formula is C14H14ClN2NaO2S. The topological polar surface area (TPSA) is 44.1 Å². The van der Waals surface area contributed by atoms with E-state index in [1.54, 1.807) is 23.0 Å². The zero-order valence-corrected chi connectivity index (χ0v) is 15.4. The van der Waals surface area contributed by atoms with E-state index in [1.807, 2.05) is 0 Å². The average Bonchev–Trinajstić information content (AvgIpc) is 2.47. The third-order valence-electron chi connectivity index (χ3n) is 3.69. The third-order valence-corrected chi connectivity index (χ3v) is 4.54. The summed E-state index contributed by atoms with van der Waals surface area (Å²) in [5.74, 6) is 0.450. The molecule has 2 heterocycles. The summed E-state index contributed by atoms with van der Waals surface area (Å²) in [4.78, 5) is 17.3. The van der Waals surface area contributed by atoms with Gasteiger partial charge in [-0.2, -0.15) is 4.90 Å². The summed E-state index contributed by atoms with van der Waals surface area (Å²) in [5, 5.41) is 0.755. The van der Waals surface area contributed by atoms with Gasteiger partial charge in [0.15, 0.2) is 0 Å². The predicted octanol–water partition coefficient (Wildman–Crippen LogP) is -0.614. The number of aromatic nitrogens is 2. The van der Waals surface area contributed by atoms with Crippen LogP contribution < -0.4 is 35.1 Å². The van der Waals surface area contributed by atoms with Crippen LogP contribution in [0.3, 0.4) is 0 Å². The Labute approximate surface area is 155 Å². The van der Waals surface area contributed by atoms with E-state index in [0.717, 1.165) is 26.1 Å². The fraction of sp³-hybridized carbons (Fsp3) is 0.429. The van der Waals surface area contributed by atoms with Crippen LogP contribution in [0.25, 0.3) is 10.9 Å². The summed E-state index contributed by atoms with van der Waals surface area (Å²) in [6.07, 6.45) is 3.54. The fourth-order valence-electron chi connectivity index (χ4n) is 2.52. The molecule has 106 valence electrons. The molecule has 0 atom stereocenters. The van der Waals surface area contributed by atoms with E-state index in [4.69, 9.17) is 29.0 Å². The summed E-state index contributed by atoms with van der Waals surface area (Å²) in [6, 6.07) is 3.44. The monoisotopic (exact) mass is 332 g/mol. The van der Waals surface area contributed by atoms with Crippen LogP contribution in [-0.2, 0) is 23.9 Å². The molecule has 0 aliphatic carbocycles. The van der Waals surface area contributed by atoms with Gasteiger partial charge in [-0.15, -0.1) is 0 Å². The molecule has 1 aliphatic rings. The second-order valence-electron chi connectivity index (χ2n) is 5.03. The molecule has 0 saturated carbocycles. The molecule has 0 radical (unpaired) electrons. The first kappa shape index (κ1) is 17.2. The standard InChI is InChI=1S/C14H15ClN2O2S.Na/c15-13-11(20)2-1-10-12(13)14(18)17(8-16-10)7-9-3-5-19-6-4-9;/h1-2,8-9,20H,3-7H2;/q;+1/p-1. The molecule has 1 saturated heterocycles. The van der Waals surface area contributed by atoms with Crippen LogP contribution in [0.2, 0.25) is 5.02 Å². The molecule has 0 unspecified atom stereocenters. The Morgan fingerprint density at radius 1 is 1.38 bits per heavy atom. The van der Waals surface area contributed by atoms with Crippen molar-refractivity contribution >= 4 is 35.1 Å². The van der Waals surface area contributed by atoms with E-state index in [0.29, 0.717) is 33.3 Å². The second-order valence-corrected chi connectivity index (χ2v) is 5.85. The van der Waals surface area contributed by atoms with Crippen LogP contribution in [0.15, 0.2) is 28.2 Å². The summed E-state index contributed by atoms with van der Waals surface area (Å²) in [5.41, 5.74) is 0.481. The Morgan fingerprint density at radius 3 is 2.81 bits per heavy atom. The van der Waals surface area contributed by atoms with E-state index < -0.39 is 0 Å². The van der Waals surface area contributed by atoms with E-state index in [1.165, 1.54) is 0 Å². The fourth-order valence-corrected chi connectivity index (χ4v) is 2.93. The largest absolute Gasteiger partial charge is 1.00 e. The van der Waals surface area contributed by atoms with Gasteiger partial charge in [-0.05, 0) is 24.8 Å².